The van der Waals surface area contributed by atoms with Crippen LogP contribution in [0.3, 0.4) is 0 Å². The topological polar surface area (TPSA) is 58.1 Å². The molecule has 4 aromatic rings. The summed E-state index contributed by atoms with van der Waals surface area (Å²) in [5, 5.41) is 4.28. The summed E-state index contributed by atoms with van der Waals surface area (Å²) in [6.45, 7) is 8.28. The molecule has 1 N–H and O–H groups in total. The number of para-hydroxylation sites is 2. The lowest BCUT2D eigenvalue weighted by atomic mass is 9.84. The van der Waals surface area contributed by atoms with Gasteiger partial charge in [0.05, 0.1) is 5.52 Å². The second-order valence-electron chi connectivity index (χ2n) is 11.6. The Bertz CT molecular complexity index is 1430. The molecule has 0 unspecified atom stereocenters. The van der Waals surface area contributed by atoms with Crippen LogP contribution < -0.4 is 10.2 Å². The van der Waals surface area contributed by atoms with Crippen molar-refractivity contribution >= 4 is 39.8 Å². The number of nitrogens with one attached hydrogen (secondary N) is 1. The van der Waals surface area contributed by atoms with Gasteiger partial charge in [-0.25, -0.2) is 9.97 Å². The fourth-order valence-electron chi connectivity index (χ4n) is 5.16. The van der Waals surface area contributed by atoms with Gasteiger partial charge in [-0.3, -0.25) is 4.79 Å². The molecule has 1 aliphatic carbocycles. The second kappa shape index (κ2) is 16.5. The fourth-order valence-corrected chi connectivity index (χ4v) is 5.16. The van der Waals surface area contributed by atoms with Crippen LogP contribution in [0.4, 0.5) is 11.5 Å². The van der Waals surface area contributed by atoms with E-state index in [1.54, 1.807) is 6.92 Å². The molecule has 222 valence electrons. The highest BCUT2D eigenvalue weighted by Gasteiger charge is 2.13. The number of hydrogen-bond donors (Lipinski definition) is 1. The standard InChI is InChI=1S/C18H19NO.C11H13N3.C8H16/c1-14(20)12-16(13-15-8-4-3-5-9-15)17-10-6-7-11-18(17)19-2;1-8-12-10-7-5-4-6-9(10)11(13-8)14(2)3;1-7-3-5-8(2)6-4-7/h3-11,13,19H,12H2,1-2H3;4-7H,1-3H3;7-8H,3-6H2,1-2H3/b16-13+;;. The lowest BCUT2D eigenvalue weighted by Crippen LogP contribution is -2.12. The van der Waals surface area contributed by atoms with Crippen molar-refractivity contribution in [1.82, 2.24) is 9.97 Å². The lowest BCUT2D eigenvalue weighted by molar-refractivity contribution is -0.116. The van der Waals surface area contributed by atoms with Crippen LogP contribution >= 0.6 is 0 Å². The molecule has 0 amide bonds. The molecule has 0 saturated heterocycles. The predicted octanol–water partition coefficient (Wildman–Crippen LogP) is 9.08. The van der Waals surface area contributed by atoms with Crippen LogP contribution in [0, 0.1) is 18.8 Å². The Hall–Kier alpha value is -3.99. The molecule has 1 aromatic heterocycles. The summed E-state index contributed by atoms with van der Waals surface area (Å²) in [5.74, 6) is 4.00. The molecule has 1 heterocycles. The van der Waals surface area contributed by atoms with E-state index >= 15 is 0 Å². The van der Waals surface area contributed by atoms with Crippen molar-refractivity contribution < 1.29 is 4.79 Å². The molecular formula is C37H48N4O. The van der Waals surface area contributed by atoms with E-state index in [0.717, 1.165) is 56.8 Å². The first-order valence-corrected chi connectivity index (χ1v) is 15.1. The normalized spacial score (nSPS) is 16.4. The maximum atomic E-state index is 11.6. The number of aromatic nitrogens is 2. The number of Topliss-reactive ketones (excluding diaryl/α,β-unsaturated/α-hetero) is 1. The van der Waals surface area contributed by atoms with Crippen LogP contribution in [0.15, 0.2) is 78.9 Å². The van der Waals surface area contributed by atoms with Gasteiger partial charge in [0, 0.05) is 44.2 Å². The highest BCUT2D eigenvalue weighted by Crippen LogP contribution is 2.29. The first-order chi connectivity index (χ1) is 20.2. The molecule has 1 saturated carbocycles. The zero-order valence-corrected chi connectivity index (χ0v) is 26.5. The molecule has 42 heavy (non-hydrogen) atoms. The number of allylic oxidation sites excluding steroid dienone is 1. The summed E-state index contributed by atoms with van der Waals surface area (Å²) in [6, 6.07) is 26.2. The van der Waals surface area contributed by atoms with E-state index < -0.39 is 0 Å². The van der Waals surface area contributed by atoms with Crippen LogP contribution in [0.2, 0.25) is 0 Å². The maximum absolute atomic E-state index is 11.6. The zero-order valence-electron chi connectivity index (χ0n) is 26.5. The number of ketones is 1. The molecule has 0 atom stereocenters. The van der Waals surface area contributed by atoms with Crippen molar-refractivity contribution in [1.29, 1.82) is 0 Å². The predicted molar refractivity (Wildman–Crippen MR) is 181 cm³/mol. The Labute approximate surface area is 253 Å². The van der Waals surface area contributed by atoms with Crippen molar-refractivity contribution in [2.75, 3.05) is 31.4 Å². The Balaban J connectivity index is 0.000000190. The van der Waals surface area contributed by atoms with Gasteiger partial charge in [-0.15, -0.1) is 0 Å². The Kier molecular flexibility index (Phi) is 12.7. The second-order valence-corrected chi connectivity index (χ2v) is 11.6. The first-order valence-electron chi connectivity index (χ1n) is 15.1. The third-order valence-corrected chi connectivity index (χ3v) is 7.55. The SMILES string of the molecule is CC1CCC(C)CC1.CNc1ccccc1/C(=C/c1ccccc1)CC(C)=O.Cc1nc(N(C)C)c2ccccc2n1. The molecule has 5 nitrogen and oxygen atoms in total. The number of nitrogens with zero attached hydrogens (tertiary/aromatic N) is 3. The van der Waals surface area contributed by atoms with Crippen LogP contribution in [-0.2, 0) is 4.79 Å². The van der Waals surface area contributed by atoms with Gasteiger partial charge in [-0.05, 0) is 55.0 Å². The number of aryl methyl sites for hydroxylation is 1. The van der Waals surface area contributed by atoms with Gasteiger partial charge in [-0.2, -0.15) is 0 Å². The molecule has 5 rings (SSSR count). The van der Waals surface area contributed by atoms with Gasteiger partial charge in [-0.1, -0.05) is 106 Å². The van der Waals surface area contributed by atoms with E-state index in [-0.39, 0.29) is 5.78 Å². The Morgan fingerprint density at radius 1 is 0.857 bits per heavy atom. The number of anilines is 2. The summed E-state index contributed by atoms with van der Waals surface area (Å²) in [7, 11) is 5.88. The average Bonchev–Trinajstić information content (AvgIpc) is 2.99. The zero-order chi connectivity index (χ0) is 30.5. The van der Waals surface area contributed by atoms with Crippen LogP contribution in [-0.4, -0.2) is 36.9 Å². The van der Waals surface area contributed by atoms with E-state index in [2.05, 4.69) is 35.2 Å². The first kappa shape index (κ1) is 32.5. The van der Waals surface area contributed by atoms with Gasteiger partial charge in [0.15, 0.2) is 0 Å². The van der Waals surface area contributed by atoms with Crippen molar-refractivity contribution in [3.63, 3.8) is 0 Å². The largest absolute Gasteiger partial charge is 0.388 e. The molecule has 0 bridgehead atoms. The highest BCUT2D eigenvalue weighted by atomic mass is 16.1. The smallest absolute Gasteiger partial charge is 0.139 e. The van der Waals surface area contributed by atoms with Crippen LogP contribution in [0.25, 0.3) is 22.6 Å². The number of rotatable bonds is 6. The Morgan fingerprint density at radius 2 is 1.43 bits per heavy atom. The van der Waals surface area contributed by atoms with Gasteiger partial charge >= 0.3 is 0 Å². The number of hydrogen-bond acceptors (Lipinski definition) is 5. The maximum Gasteiger partial charge on any atom is 0.139 e. The number of carbonyl (C=O) groups excluding carboxylic acids is 1. The lowest BCUT2D eigenvalue weighted by Gasteiger charge is -2.22. The van der Waals surface area contributed by atoms with Crippen molar-refractivity contribution in [3.05, 3.63) is 95.8 Å². The highest BCUT2D eigenvalue weighted by molar-refractivity contribution is 5.97. The quantitative estimate of drug-likeness (QED) is 0.237. The molecule has 0 aliphatic heterocycles. The monoisotopic (exact) mass is 564 g/mol. The molecule has 0 spiro atoms. The van der Waals surface area contributed by atoms with Crippen molar-refractivity contribution in [3.8, 4) is 0 Å². The van der Waals surface area contributed by atoms with E-state index in [4.69, 9.17) is 0 Å². The average molecular weight is 565 g/mol. The number of carbonyl (C=O) groups is 1. The summed E-state index contributed by atoms with van der Waals surface area (Å²) in [5.41, 5.74) is 5.26. The molecular weight excluding hydrogens is 516 g/mol. The van der Waals surface area contributed by atoms with E-state index in [9.17, 15) is 4.79 Å². The van der Waals surface area contributed by atoms with E-state index in [1.807, 2.05) is 112 Å². The molecule has 1 fully saturated rings. The number of fused-ring (bicyclic) bond motifs is 1. The summed E-state index contributed by atoms with van der Waals surface area (Å²) < 4.78 is 0. The summed E-state index contributed by atoms with van der Waals surface area (Å²) in [4.78, 5) is 22.4. The van der Waals surface area contributed by atoms with Crippen molar-refractivity contribution in [2.45, 2.75) is 59.8 Å². The third-order valence-electron chi connectivity index (χ3n) is 7.55. The van der Waals surface area contributed by atoms with Gasteiger partial charge in [0.1, 0.15) is 17.4 Å². The number of benzene rings is 3. The van der Waals surface area contributed by atoms with Gasteiger partial charge in [0.2, 0.25) is 0 Å². The Morgan fingerprint density at radius 3 is 2.02 bits per heavy atom. The minimum absolute atomic E-state index is 0.165. The molecule has 0 radical (unpaired) electrons. The fraction of sp³-hybridized carbons (Fsp3) is 0.378. The molecule has 1 aliphatic rings. The minimum Gasteiger partial charge on any atom is -0.388 e. The van der Waals surface area contributed by atoms with Gasteiger partial charge in [0.25, 0.3) is 0 Å². The van der Waals surface area contributed by atoms with E-state index in [1.165, 1.54) is 25.7 Å². The van der Waals surface area contributed by atoms with Crippen LogP contribution in [0.1, 0.15) is 69.8 Å². The third kappa shape index (κ3) is 10.1. The molecule has 5 heteroatoms. The van der Waals surface area contributed by atoms with Crippen molar-refractivity contribution in [2.24, 2.45) is 11.8 Å². The van der Waals surface area contributed by atoms with Gasteiger partial charge < -0.3 is 10.2 Å². The van der Waals surface area contributed by atoms with Crippen LogP contribution in [0.5, 0.6) is 0 Å². The minimum atomic E-state index is 0.165. The summed E-state index contributed by atoms with van der Waals surface area (Å²) in [6.07, 6.45) is 8.41. The van der Waals surface area contributed by atoms with E-state index in [0.29, 0.717) is 6.42 Å². The summed E-state index contributed by atoms with van der Waals surface area (Å²) >= 11 is 0. The molecule has 3 aromatic carbocycles.